The molecular weight excluding hydrogens is 740 g/mol. The van der Waals surface area contributed by atoms with E-state index in [1.807, 2.05) is 0 Å². The van der Waals surface area contributed by atoms with Crippen LogP contribution in [0.25, 0.3) is 6.08 Å². The van der Waals surface area contributed by atoms with Gasteiger partial charge in [0.15, 0.2) is 48.0 Å². The van der Waals surface area contributed by atoms with Gasteiger partial charge in [0, 0.05) is 6.08 Å². The lowest BCUT2D eigenvalue weighted by Gasteiger charge is -2.47. The Morgan fingerprint density at radius 1 is 0.673 bits per heavy atom. The standard InChI is InChI=1S/C35H46O20/c1-14-24(42)26(44)28(46)33(51-14)50-13-22-31(54-23(41)7-4-15-2-5-17(37)19(39)10-15)32(55-35-29(47)27(45)25(43)21(12-36)52-35)30(48)34(53-22)49-9-8-16-3-6-18(38)20(40)11-16/h2-7,10-11,14,21-22,24-40,42-48H,8-9,12-13H2,1H3/b7-4-/t14-,21-,22+,24-,25+,26+,27-,28+,29+,30+,31+,32+,33-,34+,35+/m0/s1. The maximum atomic E-state index is 13.3. The fourth-order valence-corrected chi connectivity index (χ4v) is 6.14. The SMILES string of the molecule is C[C@@H]1O[C@H](OC[C@H]2O[C@@H](OCCc3ccc(O)c(O)c3)[C@H](O)[C@@H](O[C@H]3O[C@@H](CO)[C@@H](O)[C@H](O)[C@H]3O)[C@@H]2OC(=O)/C=C\c2ccc(O)c(O)c2)[C@H](O)[C@H](O)[C@H]1O. The van der Waals surface area contributed by atoms with Crippen molar-refractivity contribution in [2.75, 3.05) is 19.8 Å². The third kappa shape index (κ3) is 10.0. The van der Waals surface area contributed by atoms with Gasteiger partial charge in [-0.1, -0.05) is 12.1 Å². The van der Waals surface area contributed by atoms with Crippen LogP contribution in [0.5, 0.6) is 23.0 Å². The van der Waals surface area contributed by atoms with Crippen LogP contribution in [0.2, 0.25) is 0 Å². The molecule has 20 nitrogen and oxygen atoms in total. The van der Waals surface area contributed by atoms with Crippen molar-refractivity contribution in [2.45, 2.75) is 105 Å². The molecule has 2 aromatic rings. The molecule has 55 heavy (non-hydrogen) atoms. The van der Waals surface area contributed by atoms with Crippen molar-refractivity contribution in [3.8, 4) is 23.0 Å². The Bertz CT molecular complexity index is 1610. The normalized spacial score (nSPS) is 36.9. The summed E-state index contributed by atoms with van der Waals surface area (Å²) < 4.78 is 40.2. The molecule has 2 aromatic carbocycles. The Morgan fingerprint density at radius 2 is 1.29 bits per heavy atom. The Hall–Kier alpha value is -3.71. The van der Waals surface area contributed by atoms with Crippen molar-refractivity contribution in [3.63, 3.8) is 0 Å². The molecule has 20 heteroatoms. The lowest BCUT2D eigenvalue weighted by molar-refractivity contribution is -0.365. The minimum atomic E-state index is -1.97. The Labute approximate surface area is 313 Å². The van der Waals surface area contributed by atoms with Crippen molar-refractivity contribution < 1.29 is 99.2 Å². The predicted octanol–water partition coefficient (Wildman–Crippen LogP) is -3.19. The number of aliphatic hydroxyl groups excluding tert-OH is 8. The summed E-state index contributed by atoms with van der Waals surface area (Å²) in [4.78, 5) is 13.3. The molecule has 306 valence electrons. The van der Waals surface area contributed by atoms with E-state index in [1.54, 1.807) is 0 Å². The highest BCUT2D eigenvalue weighted by atomic mass is 16.8. The van der Waals surface area contributed by atoms with Crippen LogP contribution in [0.1, 0.15) is 18.1 Å². The number of hydrogen-bond donors (Lipinski definition) is 12. The van der Waals surface area contributed by atoms with Gasteiger partial charge in [0.2, 0.25) is 0 Å². The number of aromatic hydroxyl groups is 4. The number of phenols is 4. The van der Waals surface area contributed by atoms with E-state index in [0.717, 1.165) is 12.1 Å². The highest BCUT2D eigenvalue weighted by Gasteiger charge is 2.53. The molecule has 0 aliphatic carbocycles. The molecule has 0 saturated carbocycles. The number of rotatable bonds is 13. The van der Waals surface area contributed by atoms with Crippen molar-refractivity contribution >= 4 is 12.0 Å². The third-order valence-corrected chi connectivity index (χ3v) is 9.36. The quantitative estimate of drug-likeness (QED) is 0.0541. The minimum absolute atomic E-state index is 0.107. The van der Waals surface area contributed by atoms with Crippen LogP contribution in [0.3, 0.4) is 0 Å². The van der Waals surface area contributed by atoms with Crippen molar-refractivity contribution in [3.05, 3.63) is 53.6 Å². The van der Waals surface area contributed by atoms with Crippen LogP contribution in [-0.2, 0) is 44.4 Å². The minimum Gasteiger partial charge on any atom is -0.504 e. The maximum absolute atomic E-state index is 13.3. The molecule has 12 N–H and O–H groups in total. The second kappa shape index (κ2) is 18.5. The van der Waals surface area contributed by atoms with Gasteiger partial charge in [0.05, 0.1) is 25.9 Å². The van der Waals surface area contributed by atoms with Crippen LogP contribution in [0, 0.1) is 0 Å². The predicted molar refractivity (Wildman–Crippen MR) is 180 cm³/mol. The van der Waals surface area contributed by atoms with Gasteiger partial charge in [0.25, 0.3) is 0 Å². The summed E-state index contributed by atoms with van der Waals surface area (Å²) in [6, 6.07) is 7.73. The molecule has 3 aliphatic heterocycles. The number of hydrogen-bond acceptors (Lipinski definition) is 20. The van der Waals surface area contributed by atoms with Gasteiger partial charge in [-0.25, -0.2) is 4.79 Å². The molecule has 3 heterocycles. The second-order valence-electron chi connectivity index (χ2n) is 13.3. The molecule has 0 unspecified atom stereocenters. The van der Waals surface area contributed by atoms with Crippen LogP contribution in [0.15, 0.2) is 42.5 Å². The van der Waals surface area contributed by atoms with Crippen molar-refractivity contribution in [2.24, 2.45) is 0 Å². The summed E-state index contributed by atoms with van der Waals surface area (Å²) in [6.45, 7) is -0.242. The first-order valence-corrected chi connectivity index (χ1v) is 17.2. The topological polar surface area (TPSA) is 324 Å². The van der Waals surface area contributed by atoms with Gasteiger partial charge < -0.3 is 94.4 Å². The molecule has 0 radical (unpaired) electrons. The number of ether oxygens (including phenoxy) is 7. The lowest BCUT2D eigenvalue weighted by Crippen LogP contribution is -2.66. The number of benzene rings is 2. The molecule has 15 atom stereocenters. The largest absolute Gasteiger partial charge is 0.504 e. The number of carbonyl (C=O) groups is 1. The lowest BCUT2D eigenvalue weighted by atomic mass is 9.96. The van der Waals surface area contributed by atoms with Gasteiger partial charge in [-0.15, -0.1) is 0 Å². The molecular formula is C35H46O20. The number of carbonyl (C=O) groups excluding carboxylic acids is 1. The number of phenolic OH excluding ortho intramolecular Hbond substituents is 4. The molecule has 3 saturated heterocycles. The zero-order valence-corrected chi connectivity index (χ0v) is 29.2. The summed E-state index contributed by atoms with van der Waals surface area (Å²) in [5.74, 6) is -2.72. The summed E-state index contributed by atoms with van der Waals surface area (Å²) >= 11 is 0. The smallest absolute Gasteiger partial charge is 0.331 e. The monoisotopic (exact) mass is 786 g/mol. The zero-order chi connectivity index (χ0) is 40.1. The highest BCUT2D eigenvalue weighted by Crippen LogP contribution is 2.33. The van der Waals surface area contributed by atoms with Gasteiger partial charge >= 0.3 is 5.97 Å². The van der Waals surface area contributed by atoms with E-state index in [0.29, 0.717) is 5.56 Å². The highest BCUT2D eigenvalue weighted by molar-refractivity contribution is 5.87. The van der Waals surface area contributed by atoms with E-state index in [9.17, 15) is 66.1 Å². The first kappa shape index (κ1) is 42.4. The molecule has 0 spiro atoms. The third-order valence-electron chi connectivity index (χ3n) is 9.36. The zero-order valence-electron chi connectivity index (χ0n) is 29.2. The number of aliphatic hydroxyl groups is 8. The number of esters is 1. The van der Waals surface area contributed by atoms with E-state index in [2.05, 4.69) is 0 Å². The van der Waals surface area contributed by atoms with Gasteiger partial charge in [-0.2, -0.15) is 0 Å². The van der Waals surface area contributed by atoms with Crippen molar-refractivity contribution in [1.29, 1.82) is 0 Å². The van der Waals surface area contributed by atoms with E-state index in [4.69, 9.17) is 33.2 Å². The molecule has 0 aromatic heterocycles. The fraction of sp³-hybridized carbons (Fsp3) is 0.571. The van der Waals surface area contributed by atoms with Gasteiger partial charge in [-0.3, -0.25) is 0 Å². The summed E-state index contributed by atoms with van der Waals surface area (Å²) in [5, 5.41) is 123. The fourth-order valence-electron chi connectivity index (χ4n) is 6.14. The summed E-state index contributed by atoms with van der Waals surface area (Å²) in [6.07, 6.45) is -22.7. The second-order valence-corrected chi connectivity index (χ2v) is 13.3. The molecule has 0 bridgehead atoms. The maximum Gasteiger partial charge on any atom is 0.331 e. The average molecular weight is 787 g/mol. The van der Waals surface area contributed by atoms with E-state index in [-0.39, 0.29) is 24.3 Å². The molecule has 5 rings (SSSR count). The van der Waals surface area contributed by atoms with E-state index in [1.165, 1.54) is 43.3 Å². The average Bonchev–Trinajstić information content (AvgIpc) is 3.16. The van der Waals surface area contributed by atoms with Crippen LogP contribution in [-0.4, -0.2) is 179 Å². The van der Waals surface area contributed by atoms with Gasteiger partial charge in [0.1, 0.15) is 61.0 Å². The Balaban J connectivity index is 1.44. The summed E-state index contributed by atoms with van der Waals surface area (Å²) in [5.41, 5.74) is 0.767. The van der Waals surface area contributed by atoms with Crippen LogP contribution >= 0.6 is 0 Å². The Kier molecular flexibility index (Phi) is 14.3. The molecule has 3 fully saturated rings. The van der Waals surface area contributed by atoms with Gasteiger partial charge in [-0.05, 0) is 54.8 Å². The van der Waals surface area contributed by atoms with E-state index >= 15 is 0 Å². The first-order chi connectivity index (χ1) is 26.1. The first-order valence-electron chi connectivity index (χ1n) is 17.2. The van der Waals surface area contributed by atoms with E-state index < -0.39 is 129 Å². The van der Waals surface area contributed by atoms with Crippen LogP contribution < -0.4 is 0 Å². The molecule has 0 amide bonds. The molecule has 3 aliphatic rings. The Morgan fingerprint density at radius 3 is 1.96 bits per heavy atom. The van der Waals surface area contributed by atoms with Crippen molar-refractivity contribution in [1.82, 2.24) is 0 Å². The van der Waals surface area contributed by atoms with Crippen LogP contribution in [0.4, 0.5) is 0 Å². The summed E-state index contributed by atoms with van der Waals surface area (Å²) in [7, 11) is 0.